The number of nitrogens with zero attached hydrogens (tertiary/aromatic N) is 1. The van der Waals surface area contributed by atoms with E-state index >= 15 is 0 Å². The van der Waals surface area contributed by atoms with Gasteiger partial charge < -0.3 is 5.32 Å². The molecule has 2 rings (SSSR count). The molecule has 1 heterocycles. The Morgan fingerprint density at radius 2 is 1.92 bits per heavy atom. The maximum Gasteiger partial charge on any atom is 0.269 e. The molecule has 2 unspecified atom stereocenters. The van der Waals surface area contributed by atoms with Gasteiger partial charge in [-0.3, -0.25) is 10.1 Å². The predicted molar refractivity (Wildman–Crippen MR) is 110 cm³/mol. The molecule has 0 bridgehead atoms. The first-order chi connectivity index (χ1) is 12.6. The Morgan fingerprint density at radius 1 is 1.15 bits per heavy atom. The molecule has 1 N–H and O–H groups in total. The van der Waals surface area contributed by atoms with Gasteiger partial charge >= 0.3 is 0 Å². The highest BCUT2D eigenvalue weighted by molar-refractivity contribution is 7.07. The largest absolute Gasteiger partial charge is 0.314 e. The highest BCUT2D eigenvalue weighted by Gasteiger charge is 2.13. The molecular formula is C21H30N2O2S. The molecule has 4 nitrogen and oxygen atoms in total. The average Bonchev–Trinajstić information content (AvgIpc) is 3.15. The third-order valence-corrected chi connectivity index (χ3v) is 5.66. The molecule has 0 saturated heterocycles. The summed E-state index contributed by atoms with van der Waals surface area (Å²) < 4.78 is 0. The van der Waals surface area contributed by atoms with Crippen molar-refractivity contribution in [3.63, 3.8) is 0 Å². The van der Waals surface area contributed by atoms with Crippen molar-refractivity contribution in [2.24, 2.45) is 0 Å². The second kappa shape index (κ2) is 11.1. The standard InChI is InChI=1S/C21H30N2O2S/c1-3-6-20(15-17-12-14-26-16-17)22-13-5-7-18(4-2)19-8-10-21(11-9-19)23(24)25/h8-12,14,16,18,20,22H,3-7,13,15H2,1-2H3. The second-order valence-corrected chi connectivity index (χ2v) is 7.65. The number of nitro benzene ring substituents is 1. The van der Waals surface area contributed by atoms with Gasteiger partial charge in [0.1, 0.15) is 0 Å². The van der Waals surface area contributed by atoms with E-state index in [1.807, 2.05) is 12.1 Å². The smallest absolute Gasteiger partial charge is 0.269 e. The number of hydrogen-bond acceptors (Lipinski definition) is 4. The lowest BCUT2D eigenvalue weighted by molar-refractivity contribution is -0.384. The van der Waals surface area contributed by atoms with Crippen LogP contribution in [0.25, 0.3) is 0 Å². The van der Waals surface area contributed by atoms with E-state index in [9.17, 15) is 10.1 Å². The quantitative estimate of drug-likeness (QED) is 0.284. The first-order valence-corrected chi connectivity index (χ1v) is 10.6. The van der Waals surface area contributed by atoms with Gasteiger partial charge in [-0.25, -0.2) is 0 Å². The topological polar surface area (TPSA) is 55.2 Å². The van der Waals surface area contributed by atoms with Crippen LogP contribution in [0, 0.1) is 10.1 Å². The second-order valence-electron chi connectivity index (χ2n) is 6.87. The van der Waals surface area contributed by atoms with Gasteiger partial charge in [0.15, 0.2) is 0 Å². The highest BCUT2D eigenvalue weighted by Crippen LogP contribution is 2.26. The minimum atomic E-state index is -0.337. The summed E-state index contributed by atoms with van der Waals surface area (Å²) in [6.07, 6.45) is 6.80. The minimum Gasteiger partial charge on any atom is -0.314 e. The predicted octanol–water partition coefficient (Wildman–Crippen LogP) is 5.93. The molecule has 26 heavy (non-hydrogen) atoms. The summed E-state index contributed by atoms with van der Waals surface area (Å²) in [4.78, 5) is 10.5. The van der Waals surface area contributed by atoms with Crippen molar-refractivity contribution in [1.82, 2.24) is 5.32 Å². The van der Waals surface area contributed by atoms with E-state index in [0.717, 1.165) is 32.2 Å². The Morgan fingerprint density at radius 3 is 2.50 bits per heavy atom. The van der Waals surface area contributed by atoms with Gasteiger partial charge in [-0.2, -0.15) is 11.3 Å². The number of benzene rings is 1. The molecule has 0 amide bonds. The van der Waals surface area contributed by atoms with Crippen LogP contribution in [0.2, 0.25) is 0 Å². The summed E-state index contributed by atoms with van der Waals surface area (Å²) in [5.41, 5.74) is 2.81. The molecule has 0 aliphatic rings. The number of thiophene rings is 1. The lowest BCUT2D eigenvalue weighted by atomic mass is 9.91. The maximum absolute atomic E-state index is 10.8. The van der Waals surface area contributed by atoms with Crippen LogP contribution in [0.3, 0.4) is 0 Å². The molecule has 0 aliphatic heterocycles. The monoisotopic (exact) mass is 374 g/mol. The first kappa shape index (κ1) is 20.6. The molecule has 2 aromatic rings. The van der Waals surface area contributed by atoms with E-state index in [2.05, 4.69) is 36.0 Å². The zero-order valence-corrected chi connectivity index (χ0v) is 16.6. The summed E-state index contributed by atoms with van der Waals surface area (Å²) in [5, 5.41) is 18.9. The maximum atomic E-state index is 10.8. The molecule has 0 radical (unpaired) electrons. The average molecular weight is 375 g/mol. The third kappa shape index (κ3) is 6.54. The van der Waals surface area contributed by atoms with Crippen LogP contribution in [-0.2, 0) is 6.42 Å². The van der Waals surface area contributed by atoms with E-state index in [1.54, 1.807) is 23.5 Å². The highest BCUT2D eigenvalue weighted by atomic mass is 32.1. The van der Waals surface area contributed by atoms with Crippen LogP contribution in [0.4, 0.5) is 5.69 Å². The Balaban J connectivity index is 1.79. The summed E-state index contributed by atoms with van der Waals surface area (Å²) in [7, 11) is 0. The Labute approximate surface area is 160 Å². The van der Waals surface area contributed by atoms with E-state index in [1.165, 1.54) is 24.0 Å². The minimum absolute atomic E-state index is 0.168. The number of nitrogens with one attached hydrogen (secondary N) is 1. The SMILES string of the molecule is CCCC(Cc1ccsc1)NCCCC(CC)c1ccc([N+](=O)[O-])cc1. The third-order valence-electron chi connectivity index (χ3n) is 4.93. The van der Waals surface area contributed by atoms with Crippen LogP contribution >= 0.6 is 11.3 Å². The fourth-order valence-electron chi connectivity index (χ4n) is 3.45. The molecule has 142 valence electrons. The molecule has 1 aromatic carbocycles. The van der Waals surface area contributed by atoms with Crippen molar-refractivity contribution in [3.05, 3.63) is 62.3 Å². The van der Waals surface area contributed by atoms with Crippen molar-refractivity contribution >= 4 is 17.0 Å². The molecule has 0 spiro atoms. The van der Waals surface area contributed by atoms with Gasteiger partial charge in [-0.15, -0.1) is 0 Å². The fourth-order valence-corrected chi connectivity index (χ4v) is 4.13. The van der Waals surface area contributed by atoms with Gasteiger partial charge in [0, 0.05) is 18.2 Å². The normalized spacial score (nSPS) is 13.5. The Kier molecular flexibility index (Phi) is 8.78. The number of non-ortho nitro benzene ring substituents is 1. The molecule has 0 saturated carbocycles. The van der Waals surface area contributed by atoms with Crippen LogP contribution in [-0.4, -0.2) is 17.5 Å². The van der Waals surface area contributed by atoms with Crippen molar-refractivity contribution in [1.29, 1.82) is 0 Å². The lowest BCUT2D eigenvalue weighted by Gasteiger charge is -2.19. The number of rotatable bonds is 12. The van der Waals surface area contributed by atoms with Crippen LogP contribution < -0.4 is 5.32 Å². The zero-order chi connectivity index (χ0) is 18.8. The Hall–Kier alpha value is -1.72. The van der Waals surface area contributed by atoms with Crippen LogP contribution in [0.1, 0.15) is 63.0 Å². The van der Waals surface area contributed by atoms with Crippen molar-refractivity contribution in [2.45, 2.75) is 64.3 Å². The zero-order valence-electron chi connectivity index (χ0n) is 15.8. The van der Waals surface area contributed by atoms with E-state index in [-0.39, 0.29) is 10.6 Å². The fraction of sp³-hybridized carbons (Fsp3) is 0.524. The van der Waals surface area contributed by atoms with Crippen molar-refractivity contribution in [3.8, 4) is 0 Å². The van der Waals surface area contributed by atoms with Crippen molar-refractivity contribution < 1.29 is 4.92 Å². The van der Waals surface area contributed by atoms with Gasteiger partial charge in [0.2, 0.25) is 0 Å². The van der Waals surface area contributed by atoms with Gasteiger partial charge in [0.05, 0.1) is 4.92 Å². The molecule has 2 atom stereocenters. The van der Waals surface area contributed by atoms with E-state index in [4.69, 9.17) is 0 Å². The molecule has 1 aromatic heterocycles. The Bertz CT molecular complexity index is 641. The van der Waals surface area contributed by atoms with Crippen LogP contribution in [0.5, 0.6) is 0 Å². The van der Waals surface area contributed by atoms with E-state index in [0.29, 0.717) is 12.0 Å². The molecule has 0 fully saturated rings. The van der Waals surface area contributed by atoms with Crippen molar-refractivity contribution in [2.75, 3.05) is 6.54 Å². The van der Waals surface area contributed by atoms with Gasteiger partial charge in [-0.05, 0) is 72.5 Å². The summed E-state index contributed by atoms with van der Waals surface area (Å²) in [5.74, 6) is 0.471. The summed E-state index contributed by atoms with van der Waals surface area (Å²) in [6.45, 7) is 5.46. The molecule has 0 aliphatic carbocycles. The van der Waals surface area contributed by atoms with Gasteiger partial charge in [-0.1, -0.05) is 32.4 Å². The first-order valence-electron chi connectivity index (χ1n) is 9.62. The lowest BCUT2D eigenvalue weighted by Crippen LogP contribution is -2.32. The molecular weight excluding hydrogens is 344 g/mol. The number of hydrogen-bond donors (Lipinski definition) is 1. The molecule has 5 heteroatoms. The van der Waals surface area contributed by atoms with Crippen LogP contribution in [0.15, 0.2) is 41.1 Å². The summed E-state index contributed by atoms with van der Waals surface area (Å²) >= 11 is 1.77. The summed E-state index contributed by atoms with van der Waals surface area (Å²) in [6, 6.07) is 9.83. The van der Waals surface area contributed by atoms with Gasteiger partial charge in [0.25, 0.3) is 5.69 Å². The number of nitro groups is 1. The van der Waals surface area contributed by atoms with E-state index < -0.39 is 0 Å².